The van der Waals surface area contributed by atoms with E-state index in [2.05, 4.69) is 94.9 Å². The second kappa shape index (κ2) is 15.8. The third kappa shape index (κ3) is 8.63. The molecule has 2 aromatic carbocycles. The van der Waals surface area contributed by atoms with Gasteiger partial charge in [-0.1, -0.05) is 74.5 Å². The number of nitrogens with zero attached hydrogens (tertiary/aromatic N) is 2. The van der Waals surface area contributed by atoms with Gasteiger partial charge in [-0.3, -0.25) is 9.80 Å². The first-order valence-corrected chi connectivity index (χ1v) is 14.8. The molecule has 44 heavy (non-hydrogen) atoms. The highest BCUT2D eigenvalue weighted by Gasteiger charge is 2.52. The Kier molecular flexibility index (Phi) is 12.4. The van der Waals surface area contributed by atoms with E-state index in [1.54, 1.807) is 0 Å². The number of likely N-dealkylation sites (tertiary alicyclic amines) is 2. The number of carboxylic acids is 4. The Morgan fingerprint density at radius 1 is 0.636 bits per heavy atom. The fourth-order valence-electron chi connectivity index (χ4n) is 6.59. The van der Waals surface area contributed by atoms with E-state index >= 15 is 0 Å². The van der Waals surface area contributed by atoms with Crippen molar-refractivity contribution in [1.29, 1.82) is 0 Å². The average molecular weight is 613 g/mol. The quantitative estimate of drug-likeness (QED) is 0.277. The molecule has 6 rings (SSSR count). The summed E-state index contributed by atoms with van der Waals surface area (Å²) in [5, 5.41) is 36.6. The van der Waals surface area contributed by atoms with Crippen LogP contribution in [0.2, 0.25) is 0 Å². The van der Waals surface area contributed by atoms with Gasteiger partial charge in [-0.2, -0.15) is 0 Å². The molecule has 0 aliphatic carbocycles. The summed E-state index contributed by atoms with van der Waals surface area (Å²) >= 11 is 0. The van der Waals surface area contributed by atoms with Crippen molar-refractivity contribution in [3.8, 4) is 0 Å². The van der Waals surface area contributed by atoms with Crippen LogP contribution in [0.1, 0.15) is 37.8 Å². The molecule has 4 aliphatic rings. The van der Waals surface area contributed by atoms with Gasteiger partial charge in [0.05, 0.1) is 0 Å². The van der Waals surface area contributed by atoms with E-state index in [1.807, 2.05) is 0 Å². The van der Waals surface area contributed by atoms with Gasteiger partial charge in [0.2, 0.25) is 0 Å². The molecule has 0 bridgehead atoms. The molecule has 4 saturated heterocycles. The van der Waals surface area contributed by atoms with E-state index in [0.717, 1.165) is 24.9 Å². The summed E-state index contributed by atoms with van der Waals surface area (Å²) in [5.41, 5.74) is 3.83. The molecular formula is C32H44N4O8. The molecule has 2 aromatic rings. The topological polar surface area (TPSA) is 180 Å². The van der Waals surface area contributed by atoms with Crippen molar-refractivity contribution in [3.05, 3.63) is 71.8 Å². The van der Waals surface area contributed by atoms with Gasteiger partial charge in [-0.05, 0) is 48.9 Å². The van der Waals surface area contributed by atoms with Crippen LogP contribution in [0.4, 0.5) is 0 Å². The fraction of sp³-hybridized carbons (Fsp3) is 0.500. The minimum Gasteiger partial charge on any atom is -0.473 e. The van der Waals surface area contributed by atoms with Crippen LogP contribution in [0, 0.1) is 11.8 Å². The number of benzene rings is 2. The molecule has 0 aromatic heterocycles. The van der Waals surface area contributed by atoms with Gasteiger partial charge < -0.3 is 31.1 Å². The smallest absolute Gasteiger partial charge is 0.414 e. The molecule has 0 radical (unpaired) electrons. The molecule has 4 fully saturated rings. The Balaban J connectivity index is 0.000000178. The first-order chi connectivity index (χ1) is 20.9. The van der Waals surface area contributed by atoms with E-state index in [4.69, 9.17) is 39.6 Å². The van der Waals surface area contributed by atoms with Gasteiger partial charge in [0, 0.05) is 50.3 Å². The molecule has 12 heteroatoms. The molecule has 4 heterocycles. The maximum Gasteiger partial charge on any atom is 0.414 e. The first-order valence-electron chi connectivity index (χ1n) is 14.8. The SMILES string of the molecule is C[C@H]1CN(Cc2ccccc2)[C@]12CCNC2.C[C@H]1CN(Cc2ccccc2)[C@]12CCNC2.O=C(O)C(=O)O.O=C(O)C(=O)O. The molecule has 2 spiro atoms. The van der Waals surface area contributed by atoms with E-state index in [0.29, 0.717) is 11.1 Å². The summed E-state index contributed by atoms with van der Waals surface area (Å²) < 4.78 is 0. The van der Waals surface area contributed by atoms with Crippen LogP contribution in [0.3, 0.4) is 0 Å². The molecule has 4 atom stereocenters. The molecule has 12 nitrogen and oxygen atoms in total. The number of aliphatic carboxylic acids is 4. The highest BCUT2D eigenvalue weighted by Crippen LogP contribution is 2.42. The molecule has 240 valence electrons. The predicted octanol–water partition coefficient (Wildman–Crippen LogP) is 2.05. The second-order valence-corrected chi connectivity index (χ2v) is 11.8. The van der Waals surface area contributed by atoms with Gasteiger partial charge >= 0.3 is 23.9 Å². The monoisotopic (exact) mass is 612 g/mol. The van der Waals surface area contributed by atoms with Crippen molar-refractivity contribution in [3.63, 3.8) is 0 Å². The van der Waals surface area contributed by atoms with Crippen LogP contribution in [-0.4, -0.2) is 104 Å². The maximum absolute atomic E-state index is 9.10. The van der Waals surface area contributed by atoms with E-state index in [9.17, 15) is 0 Å². The number of carbonyl (C=O) groups is 4. The number of nitrogens with one attached hydrogen (secondary N) is 2. The fourth-order valence-corrected chi connectivity index (χ4v) is 6.59. The van der Waals surface area contributed by atoms with Gasteiger partial charge in [-0.15, -0.1) is 0 Å². The highest BCUT2D eigenvalue weighted by atomic mass is 16.4. The molecule has 0 saturated carbocycles. The summed E-state index contributed by atoms with van der Waals surface area (Å²) in [4.78, 5) is 41.7. The Morgan fingerprint density at radius 3 is 1.18 bits per heavy atom. The standard InChI is InChI=1S/2C14H20N2.2C2H2O4/c2*1-12-9-16(14(12)7-8-15-11-14)10-13-5-3-2-4-6-13;2*3-1(4)2(5)6/h2*2-6,12,15H,7-11H2,1H3;2*(H,3,4)(H,5,6)/t2*12-,14-;;/m00../s1. The Labute approximate surface area is 257 Å². The van der Waals surface area contributed by atoms with Gasteiger partial charge in [-0.25, -0.2) is 19.2 Å². The van der Waals surface area contributed by atoms with Crippen LogP contribution >= 0.6 is 0 Å². The highest BCUT2D eigenvalue weighted by molar-refractivity contribution is 6.27. The zero-order chi connectivity index (χ0) is 32.3. The number of hydrogen-bond acceptors (Lipinski definition) is 8. The average Bonchev–Trinajstić information content (AvgIpc) is 3.73. The van der Waals surface area contributed by atoms with Gasteiger partial charge in [0.1, 0.15) is 0 Å². The first kappa shape index (κ1) is 34.6. The van der Waals surface area contributed by atoms with Crippen LogP contribution in [0.5, 0.6) is 0 Å². The van der Waals surface area contributed by atoms with E-state index in [1.165, 1.54) is 63.2 Å². The van der Waals surface area contributed by atoms with Crippen molar-refractivity contribution in [2.24, 2.45) is 11.8 Å². The maximum atomic E-state index is 9.10. The lowest BCUT2D eigenvalue weighted by molar-refractivity contribution is -0.159. The number of hydrogen-bond donors (Lipinski definition) is 6. The van der Waals surface area contributed by atoms with Crippen molar-refractivity contribution < 1.29 is 39.6 Å². The molecular weight excluding hydrogens is 568 g/mol. The van der Waals surface area contributed by atoms with Crippen LogP contribution in [-0.2, 0) is 32.3 Å². The van der Waals surface area contributed by atoms with Crippen LogP contribution in [0.25, 0.3) is 0 Å². The minimum absolute atomic E-state index is 0.468. The summed E-state index contributed by atoms with van der Waals surface area (Å²) in [7, 11) is 0. The second-order valence-electron chi connectivity index (χ2n) is 11.8. The third-order valence-corrected chi connectivity index (χ3v) is 9.21. The normalized spacial score (nSPS) is 26.9. The predicted molar refractivity (Wildman–Crippen MR) is 163 cm³/mol. The lowest BCUT2D eigenvalue weighted by Gasteiger charge is -2.56. The summed E-state index contributed by atoms with van der Waals surface area (Å²) in [6.07, 6.45) is 2.64. The van der Waals surface area contributed by atoms with Crippen molar-refractivity contribution in [1.82, 2.24) is 20.4 Å². The zero-order valence-electron chi connectivity index (χ0n) is 25.3. The summed E-state index contributed by atoms with van der Waals surface area (Å²) in [6.45, 7) is 14.3. The largest absolute Gasteiger partial charge is 0.473 e. The lowest BCUT2D eigenvalue weighted by Crippen LogP contribution is -2.66. The molecule has 4 aliphatic heterocycles. The number of carboxylic acid groups (broad SMARTS) is 4. The molecule has 0 unspecified atom stereocenters. The Morgan fingerprint density at radius 2 is 0.955 bits per heavy atom. The Bertz CT molecular complexity index is 1130. The third-order valence-electron chi connectivity index (χ3n) is 9.21. The van der Waals surface area contributed by atoms with Crippen LogP contribution in [0.15, 0.2) is 60.7 Å². The van der Waals surface area contributed by atoms with Crippen molar-refractivity contribution in [2.45, 2.75) is 50.9 Å². The molecule has 6 N–H and O–H groups in total. The minimum atomic E-state index is -1.82. The number of rotatable bonds is 4. The van der Waals surface area contributed by atoms with Crippen molar-refractivity contribution in [2.75, 3.05) is 39.3 Å². The zero-order valence-corrected chi connectivity index (χ0v) is 25.3. The molecule has 0 amide bonds. The summed E-state index contributed by atoms with van der Waals surface area (Å²) in [5.74, 6) is -5.59. The van der Waals surface area contributed by atoms with E-state index < -0.39 is 23.9 Å². The van der Waals surface area contributed by atoms with Gasteiger partial charge in [0.25, 0.3) is 0 Å². The Hall–Kier alpha value is -3.84. The summed E-state index contributed by atoms with van der Waals surface area (Å²) in [6, 6.07) is 21.7. The van der Waals surface area contributed by atoms with E-state index in [-0.39, 0.29) is 0 Å². The van der Waals surface area contributed by atoms with Crippen molar-refractivity contribution >= 4 is 23.9 Å². The lowest BCUT2D eigenvalue weighted by atomic mass is 9.74. The van der Waals surface area contributed by atoms with Crippen LogP contribution < -0.4 is 10.6 Å². The van der Waals surface area contributed by atoms with Gasteiger partial charge in [0.15, 0.2) is 0 Å².